The fourth-order valence-electron chi connectivity index (χ4n) is 8.55. The fraction of sp³-hybridized carbons (Fsp3) is 0.783. The Hall–Kier alpha value is -0.890. The van der Waals surface area contributed by atoms with Crippen molar-refractivity contribution in [2.45, 2.75) is 63.9 Å². The van der Waals surface area contributed by atoms with E-state index in [0.29, 0.717) is 11.2 Å². The van der Waals surface area contributed by atoms with Crippen LogP contribution in [0.15, 0.2) is 23.8 Å². The van der Waals surface area contributed by atoms with Crippen LogP contribution in [0.4, 0.5) is 0 Å². The number of carbonyl (C=O) groups excluding carboxylic acids is 1. The third kappa shape index (κ3) is 1.73. The van der Waals surface area contributed by atoms with Gasteiger partial charge >= 0.3 is 0 Å². The summed E-state index contributed by atoms with van der Waals surface area (Å²) < 4.78 is 6.45. The van der Waals surface area contributed by atoms with Gasteiger partial charge in [0.05, 0.1) is 12.2 Å². The molecular weight excluding hydrogens is 308 g/mol. The Morgan fingerprint density at radius 3 is 2.88 bits per heavy atom. The number of allylic oxidation sites excluding steroid dienone is 1. The molecule has 1 heterocycles. The maximum Gasteiger partial charge on any atom is 0.155 e. The number of rotatable bonds is 1. The van der Waals surface area contributed by atoms with E-state index < -0.39 is 0 Å². The largest absolute Gasteiger partial charge is 0.366 e. The molecule has 134 valence electrons. The zero-order valence-electron chi connectivity index (χ0n) is 15.4. The van der Waals surface area contributed by atoms with Crippen molar-refractivity contribution in [3.8, 4) is 0 Å². The van der Waals surface area contributed by atoms with Crippen LogP contribution in [-0.2, 0) is 9.53 Å². The first kappa shape index (κ1) is 15.2. The molecule has 2 heteroatoms. The molecule has 0 aromatic rings. The minimum Gasteiger partial charge on any atom is -0.366 e. The van der Waals surface area contributed by atoms with Crippen molar-refractivity contribution in [2.24, 2.45) is 40.9 Å². The molecule has 0 radical (unpaired) electrons. The molecule has 2 nitrogen and oxygen atoms in total. The lowest BCUT2D eigenvalue weighted by atomic mass is 9.49. The van der Waals surface area contributed by atoms with E-state index in [1.54, 1.807) is 5.57 Å². The predicted molar refractivity (Wildman–Crippen MR) is 96.9 cm³/mol. The summed E-state index contributed by atoms with van der Waals surface area (Å²) in [7, 11) is 0. The SMILES string of the molecule is CC[C@]12CCC3C4CCC(=O)C=C4[C@@H]4CC4C3C1CCC21C=CCO1. The van der Waals surface area contributed by atoms with Gasteiger partial charge in [-0.2, -0.15) is 0 Å². The van der Waals surface area contributed by atoms with Crippen molar-refractivity contribution >= 4 is 5.78 Å². The van der Waals surface area contributed by atoms with E-state index in [2.05, 4.69) is 25.2 Å². The van der Waals surface area contributed by atoms with Crippen molar-refractivity contribution in [2.75, 3.05) is 6.61 Å². The Bertz CT molecular complexity index is 690. The van der Waals surface area contributed by atoms with Crippen LogP contribution in [0.1, 0.15) is 58.3 Å². The number of ether oxygens (including phenoxy) is 1. The third-order valence-corrected chi connectivity index (χ3v) is 9.45. The van der Waals surface area contributed by atoms with E-state index in [-0.39, 0.29) is 5.60 Å². The zero-order valence-corrected chi connectivity index (χ0v) is 15.4. The molecule has 0 saturated heterocycles. The summed E-state index contributed by atoms with van der Waals surface area (Å²) in [5.41, 5.74) is 2.02. The summed E-state index contributed by atoms with van der Waals surface area (Å²) in [6.07, 6.45) is 16.7. The molecule has 25 heavy (non-hydrogen) atoms. The number of hydrogen-bond acceptors (Lipinski definition) is 2. The van der Waals surface area contributed by atoms with Crippen LogP contribution in [0, 0.1) is 40.9 Å². The highest BCUT2D eigenvalue weighted by Gasteiger charge is 2.69. The van der Waals surface area contributed by atoms with Gasteiger partial charge in [0, 0.05) is 11.8 Å². The van der Waals surface area contributed by atoms with Crippen LogP contribution in [0.25, 0.3) is 0 Å². The standard InChI is InChI=1S/C23H30O2/c1-2-22-9-6-16-15-5-4-14(24)12-17(15)18-13-19(18)21(16)20(22)7-10-23(22)8-3-11-25-23/h3,8,12,15-16,18-21H,2,4-7,9-11,13H2,1H3/t15?,16?,18-,19?,20?,21?,22-,23?/m0/s1. The normalized spacial score (nSPS) is 55.4. The van der Waals surface area contributed by atoms with Gasteiger partial charge in [-0.1, -0.05) is 24.6 Å². The average Bonchev–Trinajstić information content (AvgIpc) is 3.18. The summed E-state index contributed by atoms with van der Waals surface area (Å²) in [5, 5.41) is 0. The van der Waals surface area contributed by atoms with Crippen LogP contribution in [0.2, 0.25) is 0 Å². The van der Waals surface area contributed by atoms with Crippen molar-refractivity contribution in [3.63, 3.8) is 0 Å². The number of carbonyl (C=O) groups is 1. The van der Waals surface area contributed by atoms with Crippen molar-refractivity contribution in [1.29, 1.82) is 0 Å². The van der Waals surface area contributed by atoms with Gasteiger partial charge in [0.25, 0.3) is 0 Å². The number of fused-ring (bicyclic) bond motifs is 9. The third-order valence-electron chi connectivity index (χ3n) is 9.45. The van der Waals surface area contributed by atoms with Gasteiger partial charge in [0.15, 0.2) is 5.78 Å². The highest BCUT2D eigenvalue weighted by Crippen LogP contribution is 2.73. The first-order valence-electron chi connectivity index (χ1n) is 10.7. The van der Waals surface area contributed by atoms with Crippen molar-refractivity contribution in [1.82, 2.24) is 0 Å². The molecule has 6 aliphatic rings. The molecule has 6 unspecified atom stereocenters. The minimum atomic E-state index is 0.0560. The van der Waals surface area contributed by atoms with E-state index in [0.717, 1.165) is 55.0 Å². The molecule has 8 atom stereocenters. The lowest BCUT2D eigenvalue weighted by Gasteiger charge is -2.56. The Kier molecular flexibility index (Phi) is 2.97. The Labute approximate surface area is 151 Å². The summed E-state index contributed by atoms with van der Waals surface area (Å²) in [5.74, 6) is 5.40. The average molecular weight is 338 g/mol. The molecule has 1 spiro atoms. The Morgan fingerprint density at radius 2 is 2.08 bits per heavy atom. The van der Waals surface area contributed by atoms with Crippen LogP contribution in [-0.4, -0.2) is 18.0 Å². The molecule has 0 aromatic carbocycles. The monoisotopic (exact) mass is 338 g/mol. The molecule has 0 N–H and O–H groups in total. The lowest BCUT2D eigenvalue weighted by Crippen LogP contribution is -2.54. The zero-order chi connectivity index (χ0) is 16.8. The highest BCUT2D eigenvalue weighted by molar-refractivity contribution is 5.91. The van der Waals surface area contributed by atoms with Gasteiger partial charge in [0.2, 0.25) is 0 Å². The molecular formula is C23H30O2. The van der Waals surface area contributed by atoms with Gasteiger partial charge in [-0.05, 0) is 86.5 Å². The Balaban J connectivity index is 1.40. The summed E-state index contributed by atoms with van der Waals surface area (Å²) in [6, 6.07) is 0. The highest BCUT2D eigenvalue weighted by atomic mass is 16.5. The van der Waals surface area contributed by atoms with E-state index in [9.17, 15) is 4.79 Å². The van der Waals surface area contributed by atoms with Crippen molar-refractivity contribution < 1.29 is 9.53 Å². The molecule has 0 amide bonds. The second kappa shape index (κ2) is 4.88. The van der Waals surface area contributed by atoms with Gasteiger partial charge in [-0.25, -0.2) is 0 Å². The van der Waals surface area contributed by atoms with Crippen molar-refractivity contribution in [3.05, 3.63) is 23.8 Å². The smallest absolute Gasteiger partial charge is 0.155 e. The molecule has 0 bridgehead atoms. The lowest BCUT2D eigenvalue weighted by molar-refractivity contribution is -0.127. The second-order valence-corrected chi connectivity index (χ2v) is 9.80. The first-order valence-corrected chi connectivity index (χ1v) is 10.7. The quantitative estimate of drug-likeness (QED) is 0.648. The Morgan fingerprint density at radius 1 is 1.16 bits per heavy atom. The van der Waals surface area contributed by atoms with Crippen LogP contribution >= 0.6 is 0 Å². The second-order valence-electron chi connectivity index (χ2n) is 9.80. The maximum absolute atomic E-state index is 12.0. The summed E-state index contributed by atoms with van der Waals surface area (Å²) >= 11 is 0. The number of ketones is 1. The summed E-state index contributed by atoms with van der Waals surface area (Å²) in [6.45, 7) is 3.25. The first-order chi connectivity index (χ1) is 12.2. The minimum absolute atomic E-state index is 0.0560. The van der Waals surface area contributed by atoms with Gasteiger partial charge in [0.1, 0.15) is 0 Å². The number of hydrogen-bond donors (Lipinski definition) is 0. The van der Waals surface area contributed by atoms with Crippen LogP contribution in [0.5, 0.6) is 0 Å². The molecule has 6 rings (SSSR count). The molecule has 1 aliphatic heterocycles. The molecule has 5 aliphatic carbocycles. The summed E-state index contributed by atoms with van der Waals surface area (Å²) in [4.78, 5) is 12.0. The van der Waals surface area contributed by atoms with Crippen LogP contribution in [0.3, 0.4) is 0 Å². The molecule has 4 saturated carbocycles. The molecule has 4 fully saturated rings. The fourth-order valence-corrected chi connectivity index (χ4v) is 8.55. The van der Waals surface area contributed by atoms with Gasteiger partial charge < -0.3 is 4.74 Å². The van der Waals surface area contributed by atoms with E-state index in [1.807, 2.05) is 0 Å². The predicted octanol–water partition coefficient (Wildman–Crippen LogP) is 4.70. The van der Waals surface area contributed by atoms with Crippen LogP contribution < -0.4 is 0 Å². The van der Waals surface area contributed by atoms with E-state index in [4.69, 9.17) is 4.74 Å². The maximum atomic E-state index is 12.0. The van der Waals surface area contributed by atoms with E-state index in [1.165, 1.54) is 38.5 Å². The van der Waals surface area contributed by atoms with E-state index >= 15 is 0 Å². The van der Waals surface area contributed by atoms with Gasteiger partial charge in [-0.3, -0.25) is 4.79 Å². The topological polar surface area (TPSA) is 26.3 Å². The van der Waals surface area contributed by atoms with Gasteiger partial charge in [-0.15, -0.1) is 0 Å². The molecule has 0 aromatic heterocycles.